The Hall–Kier alpha value is -2.62. The highest BCUT2D eigenvalue weighted by atomic mass is 16.4. The van der Waals surface area contributed by atoms with Crippen molar-refractivity contribution in [1.82, 2.24) is 0 Å². The SMILES string of the molecule is Cc1cc(C)c(C(=O)O)cc1C.Cc1cc(C)cc(C(=O)O)c1. The number of hydrogen-bond donors (Lipinski definition) is 2. The Labute approximate surface area is 136 Å². The van der Waals surface area contributed by atoms with E-state index < -0.39 is 11.9 Å². The van der Waals surface area contributed by atoms with Crippen molar-refractivity contribution in [1.29, 1.82) is 0 Å². The number of carboxylic acid groups (broad SMARTS) is 2. The molecule has 0 aromatic heterocycles. The Morgan fingerprint density at radius 2 is 1.13 bits per heavy atom. The highest BCUT2D eigenvalue weighted by Crippen LogP contribution is 2.14. The van der Waals surface area contributed by atoms with E-state index in [4.69, 9.17) is 10.2 Å². The third-order valence-electron chi connectivity index (χ3n) is 3.54. The molecule has 0 amide bonds. The molecule has 0 aliphatic carbocycles. The lowest BCUT2D eigenvalue weighted by Crippen LogP contribution is -2.00. The van der Waals surface area contributed by atoms with Crippen LogP contribution in [0.2, 0.25) is 0 Å². The zero-order chi connectivity index (χ0) is 17.7. The molecule has 23 heavy (non-hydrogen) atoms. The summed E-state index contributed by atoms with van der Waals surface area (Å²) in [7, 11) is 0. The molecule has 0 spiro atoms. The van der Waals surface area contributed by atoms with Gasteiger partial charge in [0.1, 0.15) is 0 Å². The van der Waals surface area contributed by atoms with E-state index in [9.17, 15) is 9.59 Å². The van der Waals surface area contributed by atoms with Gasteiger partial charge in [0.15, 0.2) is 0 Å². The number of hydrogen-bond acceptors (Lipinski definition) is 2. The molecule has 2 aromatic rings. The fourth-order valence-electron chi connectivity index (χ4n) is 2.29. The van der Waals surface area contributed by atoms with Gasteiger partial charge in [-0.15, -0.1) is 0 Å². The zero-order valence-corrected chi connectivity index (χ0v) is 14.1. The van der Waals surface area contributed by atoms with E-state index in [1.807, 2.05) is 46.8 Å². The maximum absolute atomic E-state index is 10.7. The van der Waals surface area contributed by atoms with Gasteiger partial charge in [-0.05, 0) is 69.5 Å². The molecular weight excluding hydrogens is 292 g/mol. The lowest BCUT2D eigenvalue weighted by Gasteiger charge is -2.05. The maximum Gasteiger partial charge on any atom is 0.335 e. The van der Waals surface area contributed by atoms with Crippen LogP contribution in [0.25, 0.3) is 0 Å². The van der Waals surface area contributed by atoms with E-state index >= 15 is 0 Å². The highest BCUT2D eigenvalue weighted by Gasteiger charge is 2.07. The minimum atomic E-state index is -0.864. The Balaban J connectivity index is 0.000000231. The number of carboxylic acids is 2. The summed E-state index contributed by atoms with van der Waals surface area (Å²) in [6.07, 6.45) is 0. The summed E-state index contributed by atoms with van der Waals surface area (Å²) in [5, 5.41) is 17.4. The summed E-state index contributed by atoms with van der Waals surface area (Å²) in [5.74, 6) is -1.72. The average Bonchev–Trinajstić information content (AvgIpc) is 2.42. The average molecular weight is 314 g/mol. The predicted octanol–water partition coefficient (Wildman–Crippen LogP) is 4.31. The molecular formula is C19H22O4. The van der Waals surface area contributed by atoms with Gasteiger partial charge in [0.2, 0.25) is 0 Å². The van der Waals surface area contributed by atoms with Gasteiger partial charge in [-0.2, -0.15) is 0 Å². The molecule has 2 rings (SSSR count). The van der Waals surface area contributed by atoms with Crippen molar-refractivity contribution in [2.75, 3.05) is 0 Å². The molecule has 0 fully saturated rings. The van der Waals surface area contributed by atoms with Gasteiger partial charge in [0, 0.05) is 0 Å². The number of aromatic carboxylic acids is 2. The quantitative estimate of drug-likeness (QED) is 0.866. The summed E-state index contributed by atoms with van der Waals surface area (Å²) in [4.78, 5) is 21.2. The highest BCUT2D eigenvalue weighted by molar-refractivity contribution is 5.89. The fraction of sp³-hybridized carbons (Fsp3) is 0.263. The topological polar surface area (TPSA) is 74.6 Å². The second-order valence-electron chi connectivity index (χ2n) is 5.74. The van der Waals surface area contributed by atoms with Crippen molar-refractivity contribution in [3.63, 3.8) is 0 Å². The van der Waals surface area contributed by atoms with Crippen LogP contribution in [0.3, 0.4) is 0 Å². The van der Waals surface area contributed by atoms with Crippen LogP contribution in [0.15, 0.2) is 30.3 Å². The van der Waals surface area contributed by atoms with Gasteiger partial charge >= 0.3 is 11.9 Å². The summed E-state index contributed by atoms with van der Waals surface area (Å²) in [5.41, 5.74) is 5.73. The van der Waals surface area contributed by atoms with Crippen molar-refractivity contribution < 1.29 is 19.8 Å². The predicted molar refractivity (Wildman–Crippen MR) is 90.5 cm³/mol. The number of benzene rings is 2. The van der Waals surface area contributed by atoms with Crippen LogP contribution in [0.1, 0.15) is 48.5 Å². The van der Waals surface area contributed by atoms with Gasteiger partial charge in [-0.25, -0.2) is 9.59 Å². The third kappa shape index (κ3) is 5.25. The minimum Gasteiger partial charge on any atom is -0.478 e. The zero-order valence-electron chi connectivity index (χ0n) is 14.1. The maximum atomic E-state index is 10.7. The van der Waals surface area contributed by atoms with E-state index in [1.165, 1.54) is 0 Å². The Bertz CT molecular complexity index is 725. The lowest BCUT2D eigenvalue weighted by molar-refractivity contribution is 0.0685. The van der Waals surface area contributed by atoms with E-state index in [2.05, 4.69) is 0 Å². The Morgan fingerprint density at radius 3 is 1.57 bits per heavy atom. The smallest absolute Gasteiger partial charge is 0.335 e. The summed E-state index contributed by atoms with van der Waals surface area (Å²) >= 11 is 0. The minimum absolute atomic E-state index is 0.363. The Morgan fingerprint density at radius 1 is 0.652 bits per heavy atom. The molecule has 0 saturated heterocycles. The van der Waals surface area contributed by atoms with Crippen molar-refractivity contribution in [3.8, 4) is 0 Å². The van der Waals surface area contributed by atoms with Crippen LogP contribution in [-0.4, -0.2) is 22.2 Å². The first kappa shape index (κ1) is 18.4. The largest absolute Gasteiger partial charge is 0.478 e. The first-order chi connectivity index (χ1) is 10.6. The molecule has 0 unspecified atom stereocenters. The van der Waals surface area contributed by atoms with Crippen LogP contribution in [0.5, 0.6) is 0 Å². The van der Waals surface area contributed by atoms with Crippen LogP contribution >= 0.6 is 0 Å². The van der Waals surface area contributed by atoms with E-state index in [-0.39, 0.29) is 0 Å². The monoisotopic (exact) mass is 314 g/mol. The number of rotatable bonds is 2. The standard InChI is InChI=1S/C10H12O2.C9H10O2/c1-6-4-8(3)9(10(11)12)5-7(6)2;1-6-3-7(2)5-8(4-6)9(10)11/h4-5H,1-3H3,(H,11,12);3-5H,1-2H3,(H,10,11). The molecule has 0 atom stereocenters. The summed E-state index contributed by atoms with van der Waals surface area (Å²) in [6, 6.07) is 8.89. The molecule has 2 N–H and O–H groups in total. The number of aryl methyl sites for hydroxylation is 5. The van der Waals surface area contributed by atoms with Gasteiger partial charge in [-0.1, -0.05) is 23.3 Å². The molecule has 0 saturated carbocycles. The molecule has 0 bridgehead atoms. The van der Waals surface area contributed by atoms with Gasteiger partial charge in [0.05, 0.1) is 11.1 Å². The first-order valence-electron chi connectivity index (χ1n) is 7.24. The van der Waals surface area contributed by atoms with E-state index in [0.29, 0.717) is 11.1 Å². The molecule has 0 aliphatic heterocycles. The van der Waals surface area contributed by atoms with Gasteiger partial charge in [-0.3, -0.25) is 0 Å². The Kier molecular flexibility index (Phi) is 6.08. The van der Waals surface area contributed by atoms with E-state index in [0.717, 1.165) is 27.8 Å². The van der Waals surface area contributed by atoms with Crippen molar-refractivity contribution in [2.24, 2.45) is 0 Å². The molecule has 4 nitrogen and oxygen atoms in total. The second-order valence-corrected chi connectivity index (χ2v) is 5.74. The van der Waals surface area contributed by atoms with Crippen molar-refractivity contribution >= 4 is 11.9 Å². The molecule has 0 radical (unpaired) electrons. The van der Waals surface area contributed by atoms with Crippen molar-refractivity contribution in [2.45, 2.75) is 34.6 Å². The molecule has 4 heteroatoms. The van der Waals surface area contributed by atoms with Crippen LogP contribution in [0.4, 0.5) is 0 Å². The molecule has 0 heterocycles. The van der Waals surface area contributed by atoms with Crippen molar-refractivity contribution in [3.05, 3.63) is 69.3 Å². The van der Waals surface area contributed by atoms with Gasteiger partial charge in [0.25, 0.3) is 0 Å². The molecule has 2 aromatic carbocycles. The van der Waals surface area contributed by atoms with Crippen LogP contribution < -0.4 is 0 Å². The first-order valence-corrected chi connectivity index (χ1v) is 7.24. The van der Waals surface area contributed by atoms with Crippen LogP contribution in [0, 0.1) is 34.6 Å². The lowest BCUT2D eigenvalue weighted by atomic mass is 10.0. The molecule has 0 aliphatic rings. The van der Waals surface area contributed by atoms with E-state index in [1.54, 1.807) is 18.2 Å². The second kappa shape index (κ2) is 7.58. The van der Waals surface area contributed by atoms with Gasteiger partial charge < -0.3 is 10.2 Å². The molecule has 122 valence electrons. The van der Waals surface area contributed by atoms with Crippen LogP contribution in [-0.2, 0) is 0 Å². The fourth-order valence-corrected chi connectivity index (χ4v) is 2.29. The third-order valence-corrected chi connectivity index (χ3v) is 3.54. The number of carbonyl (C=O) groups is 2. The summed E-state index contributed by atoms with van der Waals surface area (Å²) < 4.78 is 0. The normalized spacial score (nSPS) is 9.78. The summed E-state index contributed by atoms with van der Waals surface area (Å²) in [6.45, 7) is 9.49.